The zero-order valence-corrected chi connectivity index (χ0v) is 9.13. The quantitative estimate of drug-likeness (QED) is 0.694. The standard InChI is InChI=1S/C6H13N.C4H5F2N3/c7-6-4-2-1-3-5-6;5-4(6)3-2(7)1-8-9-3/h6H,1-5,7H2;1,4H,7H2,(H,8,9). The van der Waals surface area contributed by atoms with Crippen LogP contribution in [0.3, 0.4) is 0 Å². The van der Waals surface area contributed by atoms with Gasteiger partial charge in [-0.05, 0) is 12.8 Å². The first-order valence-electron chi connectivity index (χ1n) is 5.43. The number of hydrogen-bond acceptors (Lipinski definition) is 3. The first-order valence-corrected chi connectivity index (χ1v) is 5.43. The summed E-state index contributed by atoms with van der Waals surface area (Å²) in [7, 11) is 0. The molecule has 2 rings (SSSR count). The molecular formula is C10H18F2N4. The molecule has 0 atom stereocenters. The maximum absolute atomic E-state index is 11.7. The monoisotopic (exact) mass is 232 g/mol. The average Bonchev–Trinajstić information content (AvgIpc) is 2.66. The number of rotatable bonds is 1. The lowest BCUT2D eigenvalue weighted by molar-refractivity contribution is 0.147. The molecular weight excluding hydrogens is 214 g/mol. The van der Waals surface area contributed by atoms with Gasteiger partial charge < -0.3 is 11.5 Å². The lowest BCUT2D eigenvalue weighted by Crippen LogP contribution is -2.22. The molecule has 0 spiro atoms. The predicted octanol–water partition coefficient (Wildman–Crippen LogP) is 2.21. The van der Waals surface area contributed by atoms with Crippen molar-refractivity contribution in [2.45, 2.75) is 44.6 Å². The molecule has 0 saturated heterocycles. The van der Waals surface area contributed by atoms with Crippen molar-refractivity contribution in [3.8, 4) is 0 Å². The van der Waals surface area contributed by atoms with Crippen molar-refractivity contribution in [2.24, 2.45) is 5.73 Å². The summed E-state index contributed by atoms with van der Waals surface area (Å²) in [5.41, 5.74) is 10.4. The lowest BCUT2D eigenvalue weighted by atomic mass is 9.97. The maximum Gasteiger partial charge on any atom is 0.281 e. The van der Waals surface area contributed by atoms with E-state index in [9.17, 15) is 8.78 Å². The molecule has 1 aliphatic carbocycles. The molecule has 4 nitrogen and oxygen atoms in total. The van der Waals surface area contributed by atoms with E-state index >= 15 is 0 Å². The number of nitrogens with one attached hydrogen (secondary N) is 1. The minimum Gasteiger partial charge on any atom is -0.396 e. The van der Waals surface area contributed by atoms with Gasteiger partial charge in [0.25, 0.3) is 6.43 Å². The van der Waals surface area contributed by atoms with E-state index in [1.54, 1.807) is 0 Å². The van der Waals surface area contributed by atoms with Crippen LogP contribution in [0.4, 0.5) is 14.5 Å². The van der Waals surface area contributed by atoms with Gasteiger partial charge in [-0.15, -0.1) is 0 Å². The zero-order chi connectivity index (χ0) is 12.0. The average molecular weight is 232 g/mol. The minimum absolute atomic E-state index is 0.00463. The van der Waals surface area contributed by atoms with E-state index in [4.69, 9.17) is 11.5 Å². The number of anilines is 1. The van der Waals surface area contributed by atoms with Gasteiger partial charge in [-0.1, -0.05) is 19.3 Å². The summed E-state index contributed by atoms with van der Waals surface area (Å²) < 4.78 is 23.4. The van der Waals surface area contributed by atoms with Gasteiger partial charge in [0.15, 0.2) is 0 Å². The number of nitrogens with zero attached hydrogens (tertiary/aromatic N) is 1. The van der Waals surface area contributed by atoms with E-state index in [2.05, 4.69) is 10.2 Å². The Bertz CT molecular complexity index is 295. The van der Waals surface area contributed by atoms with Gasteiger partial charge in [-0.3, -0.25) is 5.10 Å². The molecule has 0 amide bonds. The molecule has 0 unspecified atom stereocenters. The largest absolute Gasteiger partial charge is 0.396 e. The number of nitrogens with two attached hydrogens (primary N) is 2. The van der Waals surface area contributed by atoms with Crippen molar-refractivity contribution in [1.29, 1.82) is 0 Å². The Labute approximate surface area is 93.4 Å². The van der Waals surface area contributed by atoms with Crippen LogP contribution in [0.25, 0.3) is 0 Å². The summed E-state index contributed by atoms with van der Waals surface area (Å²) >= 11 is 0. The van der Waals surface area contributed by atoms with Crippen molar-refractivity contribution >= 4 is 5.69 Å². The number of aromatic amines is 1. The molecule has 1 fully saturated rings. The number of nitrogen functional groups attached to an aromatic ring is 1. The number of H-pyrrole nitrogens is 1. The summed E-state index contributed by atoms with van der Waals surface area (Å²) in [4.78, 5) is 0. The Morgan fingerprint density at radius 3 is 2.19 bits per heavy atom. The van der Waals surface area contributed by atoms with Crippen molar-refractivity contribution in [3.63, 3.8) is 0 Å². The second-order valence-electron chi connectivity index (χ2n) is 3.94. The second-order valence-corrected chi connectivity index (χ2v) is 3.94. The van der Waals surface area contributed by atoms with Crippen molar-refractivity contribution < 1.29 is 8.78 Å². The third-order valence-corrected chi connectivity index (χ3v) is 2.57. The fourth-order valence-electron chi connectivity index (χ4n) is 1.61. The van der Waals surface area contributed by atoms with Crippen molar-refractivity contribution in [3.05, 3.63) is 11.9 Å². The molecule has 1 heterocycles. The molecule has 1 aromatic rings. The van der Waals surface area contributed by atoms with E-state index in [1.807, 2.05) is 0 Å². The van der Waals surface area contributed by atoms with Crippen LogP contribution >= 0.6 is 0 Å². The molecule has 92 valence electrons. The van der Waals surface area contributed by atoms with Gasteiger partial charge in [-0.2, -0.15) is 5.10 Å². The molecule has 0 bridgehead atoms. The highest BCUT2D eigenvalue weighted by atomic mass is 19.3. The molecule has 5 N–H and O–H groups in total. The smallest absolute Gasteiger partial charge is 0.281 e. The lowest BCUT2D eigenvalue weighted by Gasteiger charge is -2.15. The molecule has 6 heteroatoms. The van der Waals surface area contributed by atoms with Crippen LogP contribution in [0.1, 0.15) is 44.2 Å². The Morgan fingerprint density at radius 2 is 1.94 bits per heavy atom. The Balaban J connectivity index is 0.000000165. The van der Waals surface area contributed by atoms with Crippen LogP contribution in [0, 0.1) is 0 Å². The highest BCUT2D eigenvalue weighted by molar-refractivity contribution is 5.40. The normalized spacial score (nSPS) is 17.0. The van der Waals surface area contributed by atoms with Gasteiger partial charge in [-0.25, -0.2) is 8.78 Å². The molecule has 16 heavy (non-hydrogen) atoms. The highest BCUT2D eigenvalue weighted by Gasteiger charge is 2.11. The van der Waals surface area contributed by atoms with Crippen LogP contribution in [0.15, 0.2) is 6.20 Å². The number of hydrogen-bond donors (Lipinski definition) is 3. The first-order chi connectivity index (χ1) is 7.61. The van der Waals surface area contributed by atoms with Gasteiger partial charge in [0, 0.05) is 6.04 Å². The summed E-state index contributed by atoms with van der Waals surface area (Å²) in [5.74, 6) is 0. The van der Waals surface area contributed by atoms with Gasteiger partial charge in [0.2, 0.25) is 0 Å². The molecule has 1 aromatic heterocycles. The SMILES string of the molecule is NC1CCCCC1.Nc1cn[nH]c1C(F)F. The van der Waals surface area contributed by atoms with E-state index in [0.29, 0.717) is 6.04 Å². The van der Waals surface area contributed by atoms with Crippen molar-refractivity contribution in [1.82, 2.24) is 10.2 Å². The van der Waals surface area contributed by atoms with Crippen molar-refractivity contribution in [2.75, 3.05) is 5.73 Å². The van der Waals surface area contributed by atoms with E-state index in [-0.39, 0.29) is 11.4 Å². The van der Waals surface area contributed by atoms with E-state index in [0.717, 1.165) is 6.20 Å². The van der Waals surface area contributed by atoms with Gasteiger partial charge in [0.05, 0.1) is 11.9 Å². The molecule has 1 saturated carbocycles. The fourth-order valence-corrected chi connectivity index (χ4v) is 1.61. The fraction of sp³-hybridized carbons (Fsp3) is 0.700. The predicted molar refractivity (Wildman–Crippen MR) is 59.0 cm³/mol. The molecule has 1 aliphatic rings. The number of alkyl halides is 2. The van der Waals surface area contributed by atoms with E-state index in [1.165, 1.54) is 32.1 Å². The van der Waals surface area contributed by atoms with Crippen LogP contribution in [-0.2, 0) is 0 Å². The van der Waals surface area contributed by atoms with Crippen LogP contribution in [0.5, 0.6) is 0 Å². The Hall–Kier alpha value is -1.17. The molecule has 0 aromatic carbocycles. The third-order valence-electron chi connectivity index (χ3n) is 2.57. The summed E-state index contributed by atoms with van der Waals surface area (Å²) in [6.07, 6.45) is 5.25. The van der Waals surface area contributed by atoms with Crippen LogP contribution in [-0.4, -0.2) is 16.2 Å². The van der Waals surface area contributed by atoms with E-state index < -0.39 is 6.43 Å². The summed E-state index contributed by atoms with van der Waals surface area (Å²) in [6.45, 7) is 0. The molecule has 0 aliphatic heterocycles. The zero-order valence-electron chi connectivity index (χ0n) is 9.13. The Morgan fingerprint density at radius 1 is 1.31 bits per heavy atom. The molecule has 0 radical (unpaired) electrons. The topological polar surface area (TPSA) is 80.7 Å². The highest BCUT2D eigenvalue weighted by Crippen LogP contribution is 2.20. The number of aromatic nitrogens is 2. The third kappa shape index (κ3) is 4.14. The number of halogens is 2. The first kappa shape index (κ1) is 12.9. The summed E-state index contributed by atoms with van der Waals surface area (Å²) in [6, 6.07) is 0.536. The van der Waals surface area contributed by atoms with Crippen LogP contribution < -0.4 is 11.5 Å². The Kier molecular flexibility index (Phi) is 5.18. The van der Waals surface area contributed by atoms with Gasteiger partial charge >= 0.3 is 0 Å². The summed E-state index contributed by atoms with van der Waals surface area (Å²) in [5, 5.41) is 5.39. The second kappa shape index (κ2) is 6.42. The van der Waals surface area contributed by atoms with Gasteiger partial charge in [0.1, 0.15) is 5.69 Å². The minimum atomic E-state index is -2.56. The maximum atomic E-state index is 11.7. The van der Waals surface area contributed by atoms with Crippen LogP contribution in [0.2, 0.25) is 0 Å².